The molecule has 0 aliphatic heterocycles. The summed E-state index contributed by atoms with van der Waals surface area (Å²) < 4.78 is 10.6. The van der Waals surface area contributed by atoms with Crippen LogP contribution in [0.4, 0.5) is 11.5 Å². The molecule has 1 aromatic heterocycles. The predicted molar refractivity (Wildman–Crippen MR) is 76.3 cm³/mol. The van der Waals surface area contributed by atoms with E-state index in [4.69, 9.17) is 21.1 Å². The molecule has 0 spiro atoms. The van der Waals surface area contributed by atoms with E-state index in [-0.39, 0.29) is 28.1 Å². The molecule has 0 saturated carbocycles. The number of methoxy groups -OCH3 is 1. The van der Waals surface area contributed by atoms with Gasteiger partial charge in [0.2, 0.25) is 11.5 Å². The summed E-state index contributed by atoms with van der Waals surface area (Å²) in [5.74, 6) is 0.516. The molecule has 0 aliphatic carbocycles. The lowest BCUT2D eigenvalue weighted by Gasteiger charge is -2.12. The third kappa shape index (κ3) is 2.95. The lowest BCUT2D eigenvalue weighted by Crippen LogP contribution is -2.02. The molecule has 0 bridgehead atoms. The van der Waals surface area contributed by atoms with Crippen molar-refractivity contribution in [1.82, 2.24) is 9.97 Å². The van der Waals surface area contributed by atoms with Gasteiger partial charge in [-0.2, -0.15) is 4.98 Å². The lowest BCUT2D eigenvalue weighted by molar-refractivity contribution is -0.385. The molecule has 0 saturated heterocycles. The predicted octanol–water partition coefficient (Wildman–Crippen LogP) is 2.88. The van der Waals surface area contributed by atoms with Crippen LogP contribution in [-0.2, 0) is 0 Å². The molecule has 8 nitrogen and oxygen atoms in total. The minimum absolute atomic E-state index is 0.0213. The van der Waals surface area contributed by atoms with Crippen LogP contribution >= 0.6 is 11.6 Å². The van der Waals surface area contributed by atoms with Crippen LogP contribution < -0.4 is 14.8 Å². The summed E-state index contributed by atoms with van der Waals surface area (Å²) in [4.78, 5) is 18.3. The van der Waals surface area contributed by atoms with Gasteiger partial charge in [-0.15, -0.1) is 0 Å². The Bertz CT molecular complexity index is 680. The van der Waals surface area contributed by atoms with Crippen LogP contribution in [0.5, 0.6) is 17.4 Å². The number of nitrogens with zero attached hydrogens (tertiary/aromatic N) is 3. The van der Waals surface area contributed by atoms with E-state index in [1.165, 1.54) is 31.6 Å². The summed E-state index contributed by atoms with van der Waals surface area (Å²) in [6.07, 6.45) is 1.24. The van der Waals surface area contributed by atoms with Crippen molar-refractivity contribution in [2.75, 3.05) is 19.5 Å². The summed E-state index contributed by atoms with van der Waals surface area (Å²) in [6.45, 7) is 0. The molecule has 9 heteroatoms. The number of halogens is 1. The fourth-order valence-electron chi connectivity index (χ4n) is 1.63. The standard InChI is InChI=1S/C12H11ClN4O4/c1-14-11-10(20-2)12(16-6-15-11)21-9-7(13)4-3-5-8(9)17(18)19/h3-6H,1-2H3,(H,14,15,16). The van der Waals surface area contributed by atoms with Crippen molar-refractivity contribution in [3.63, 3.8) is 0 Å². The van der Waals surface area contributed by atoms with E-state index in [1.54, 1.807) is 7.05 Å². The van der Waals surface area contributed by atoms with Gasteiger partial charge in [-0.05, 0) is 6.07 Å². The minimum atomic E-state index is -0.589. The topological polar surface area (TPSA) is 99.4 Å². The molecule has 110 valence electrons. The van der Waals surface area contributed by atoms with E-state index in [1.807, 2.05) is 0 Å². The first-order valence-corrected chi connectivity index (χ1v) is 6.13. The van der Waals surface area contributed by atoms with Gasteiger partial charge in [0, 0.05) is 13.1 Å². The zero-order valence-electron chi connectivity index (χ0n) is 11.2. The molecule has 0 atom stereocenters. The number of aromatic nitrogens is 2. The van der Waals surface area contributed by atoms with Crippen molar-refractivity contribution in [3.05, 3.63) is 39.7 Å². The van der Waals surface area contributed by atoms with Crippen molar-refractivity contribution in [2.24, 2.45) is 0 Å². The van der Waals surface area contributed by atoms with Crippen molar-refractivity contribution in [3.8, 4) is 17.4 Å². The smallest absolute Gasteiger partial charge is 0.313 e. The molecular formula is C12H11ClN4O4. The van der Waals surface area contributed by atoms with Gasteiger partial charge in [-0.3, -0.25) is 10.1 Å². The number of benzene rings is 1. The maximum absolute atomic E-state index is 11.0. The van der Waals surface area contributed by atoms with Gasteiger partial charge in [0.1, 0.15) is 6.33 Å². The summed E-state index contributed by atoms with van der Waals surface area (Å²) in [6, 6.07) is 4.23. The van der Waals surface area contributed by atoms with Crippen LogP contribution in [0, 0.1) is 10.1 Å². The number of nitro groups is 1. The third-order valence-corrected chi connectivity index (χ3v) is 2.85. The number of para-hydroxylation sites is 1. The summed E-state index contributed by atoms with van der Waals surface area (Å²) in [7, 11) is 3.06. The van der Waals surface area contributed by atoms with E-state index in [9.17, 15) is 10.1 Å². The molecule has 2 aromatic rings. The Hall–Kier alpha value is -2.61. The highest BCUT2D eigenvalue weighted by atomic mass is 35.5. The van der Waals surface area contributed by atoms with E-state index < -0.39 is 4.92 Å². The van der Waals surface area contributed by atoms with Crippen molar-refractivity contribution < 1.29 is 14.4 Å². The Morgan fingerprint density at radius 1 is 1.33 bits per heavy atom. The van der Waals surface area contributed by atoms with Crippen molar-refractivity contribution in [2.45, 2.75) is 0 Å². The van der Waals surface area contributed by atoms with Gasteiger partial charge >= 0.3 is 5.69 Å². The highest BCUT2D eigenvalue weighted by molar-refractivity contribution is 6.32. The maximum Gasteiger partial charge on any atom is 0.313 e. The first kappa shape index (κ1) is 14.8. The summed E-state index contributed by atoms with van der Waals surface area (Å²) in [5.41, 5.74) is -0.269. The van der Waals surface area contributed by atoms with Gasteiger partial charge in [0.25, 0.3) is 5.88 Å². The fraction of sp³-hybridized carbons (Fsp3) is 0.167. The SMILES string of the molecule is CNc1ncnc(Oc2c(Cl)cccc2[N+](=O)[O-])c1OC. The molecule has 0 fully saturated rings. The van der Waals surface area contributed by atoms with Crippen LogP contribution in [0.15, 0.2) is 24.5 Å². The lowest BCUT2D eigenvalue weighted by atomic mass is 10.3. The Morgan fingerprint density at radius 2 is 2.10 bits per heavy atom. The van der Waals surface area contributed by atoms with E-state index in [0.717, 1.165) is 0 Å². The second kappa shape index (κ2) is 6.23. The van der Waals surface area contributed by atoms with E-state index in [0.29, 0.717) is 5.82 Å². The van der Waals surface area contributed by atoms with Crippen LogP contribution in [0.2, 0.25) is 5.02 Å². The molecule has 2 rings (SSSR count). The molecule has 0 unspecified atom stereocenters. The van der Waals surface area contributed by atoms with Crippen molar-refractivity contribution in [1.29, 1.82) is 0 Å². The van der Waals surface area contributed by atoms with Crippen LogP contribution in [0.25, 0.3) is 0 Å². The average molecular weight is 311 g/mol. The summed E-state index contributed by atoms with van der Waals surface area (Å²) >= 11 is 5.96. The monoisotopic (exact) mass is 310 g/mol. The Morgan fingerprint density at radius 3 is 2.71 bits per heavy atom. The Balaban J connectivity index is 2.51. The molecular weight excluding hydrogens is 300 g/mol. The van der Waals surface area contributed by atoms with Gasteiger partial charge in [0.15, 0.2) is 5.82 Å². The minimum Gasteiger partial charge on any atom is -0.489 e. The molecule has 1 heterocycles. The highest BCUT2D eigenvalue weighted by Gasteiger charge is 2.22. The number of anilines is 1. The second-order valence-corrected chi connectivity index (χ2v) is 4.17. The van der Waals surface area contributed by atoms with Crippen LogP contribution in [0.1, 0.15) is 0 Å². The van der Waals surface area contributed by atoms with Crippen molar-refractivity contribution >= 4 is 23.1 Å². The number of hydrogen-bond donors (Lipinski definition) is 1. The zero-order valence-corrected chi connectivity index (χ0v) is 11.9. The van der Waals surface area contributed by atoms with Gasteiger partial charge in [0.05, 0.1) is 17.1 Å². The van der Waals surface area contributed by atoms with Gasteiger partial charge < -0.3 is 14.8 Å². The second-order valence-electron chi connectivity index (χ2n) is 3.76. The molecule has 0 radical (unpaired) electrons. The number of nitrogens with one attached hydrogen (secondary N) is 1. The Kier molecular flexibility index (Phi) is 4.39. The zero-order chi connectivity index (χ0) is 15.4. The highest BCUT2D eigenvalue weighted by Crippen LogP contribution is 2.41. The molecule has 21 heavy (non-hydrogen) atoms. The maximum atomic E-state index is 11.0. The fourth-order valence-corrected chi connectivity index (χ4v) is 1.84. The van der Waals surface area contributed by atoms with Gasteiger partial charge in [-0.1, -0.05) is 17.7 Å². The van der Waals surface area contributed by atoms with Gasteiger partial charge in [-0.25, -0.2) is 4.98 Å². The summed E-state index contributed by atoms with van der Waals surface area (Å²) in [5, 5.41) is 13.9. The molecule has 1 N–H and O–H groups in total. The van der Waals surface area contributed by atoms with E-state index >= 15 is 0 Å². The third-order valence-electron chi connectivity index (χ3n) is 2.55. The molecule has 0 amide bonds. The molecule has 0 aliphatic rings. The van der Waals surface area contributed by atoms with E-state index in [2.05, 4.69) is 15.3 Å². The molecule has 1 aromatic carbocycles. The van der Waals surface area contributed by atoms with Crippen LogP contribution in [0.3, 0.4) is 0 Å². The normalized spacial score (nSPS) is 10.0. The Labute approximate surface area is 124 Å². The first-order valence-electron chi connectivity index (χ1n) is 5.76. The quantitative estimate of drug-likeness (QED) is 0.669. The first-order chi connectivity index (χ1) is 10.1. The number of rotatable bonds is 5. The number of nitro benzene ring substituents is 1. The average Bonchev–Trinajstić information content (AvgIpc) is 2.48. The largest absolute Gasteiger partial charge is 0.489 e. The van der Waals surface area contributed by atoms with Crippen LogP contribution in [-0.4, -0.2) is 29.0 Å². The number of ether oxygens (including phenoxy) is 2. The number of hydrogen-bond acceptors (Lipinski definition) is 7.